The second-order valence-electron chi connectivity index (χ2n) is 5.04. The minimum Gasteiger partial charge on any atom is -0.444 e. The molecule has 0 radical (unpaired) electrons. The molecule has 7 heteroatoms. The lowest BCUT2D eigenvalue weighted by Crippen LogP contribution is -2.07. The van der Waals surface area contributed by atoms with Crippen molar-refractivity contribution in [1.82, 2.24) is 25.1 Å². The Morgan fingerprint density at radius 3 is 2.96 bits per heavy atom. The van der Waals surface area contributed by atoms with Gasteiger partial charge in [0.1, 0.15) is 18.4 Å². The fraction of sp³-hybridized carbons (Fsp3) is 0.125. The Morgan fingerprint density at radius 1 is 1.13 bits per heavy atom. The van der Waals surface area contributed by atoms with Gasteiger partial charge in [0.05, 0.1) is 17.3 Å². The van der Waals surface area contributed by atoms with E-state index in [9.17, 15) is 0 Å². The van der Waals surface area contributed by atoms with Crippen molar-refractivity contribution in [3.8, 4) is 11.5 Å². The van der Waals surface area contributed by atoms with Gasteiger partial charge in [0, 0.05) is 18.5 Å². The lowest BCUT2D eigenvalue weighted by Gasteiger charge is -2.04. The Bertz CT molecular complexity index is 914. The highest BCUT2D eigenvalue weighted by Crippen LogP contribution is 2.19. The van der Waals surface area contributed by atoms with E-state index in [2.05, 4.69) is 30.5 Å². The zero-order valence-corrected chi connectivity index (χ0v) is 12.2. The normalized spacial score (nSPS) is 11.0. The average molecular weight is 306 g/mol. The van der Waals surface area contributed by atoms with E-state index < -0.39 is 0 Å². The van der Waals surface area contributed by atoms with E-state index >= 15 is 0 Å². The van der Waals surface area contributed by atoms with Crippen molar-refractivity contribution in [2.45, 2.75) is 6.42 Å². The summed E-state index contributed by atoms with van der Waals surface area (Å²) in [5.74, 6) is 1.40. The maximum absolute atomic E-state index is 5.53. The highest BCUT2D eigenvalue weighted by Gasteiger charge is 2.07. The van der Waals surface area contributed by atoms with Crippen molar-refractivity contribution in [1.29, 1.82) is 0 Å². The zero-order chi connectivity index (χ0) is 15.5. The van der Waals surface area contributed by atoms with Crippen LogP contribution in [-0.4, -0.2) is 31.7 Å². The number of hydrogen-bond donors (Lipinski definition) is 2. The van der Waals surface area contributed by atoms with Crippen LogP contribution in [-0.2, 0) is 6.42 Å². The molecule has 0 unspecified atom stereocenters. The minimum absolute atomic E-state index is 0.639. The third-order valence-electron chi connectivity index (χ3n) is 3.49. The molecule has 0 saturated heterocycles. The van der Waals surface area contributed by atoms with Crippen LogP contribution in [0.4, 0.5) is 5.82 Å². The summed E-state index contributed by atoms with van der Waals surface area (Å²) in [4.78, 5) is 12.9. The second kappa shape index (κ2) is 5.88. The first-order valence-corrected chi connectivity index (χ1v) is 7.28. The SMILES string of the molecule is c1ccc(-c2nc(CCNc3ncnc4[nH]ncc34)co2)cc1. The first-order chi connectivity index (χ1) is 11.4. The molecular weight excluding hydrogens is 292 g/mol. The van der Waals surface area contributed by atoms with E-state index in [1.807, 2.05) is 30.3 Å². The highest BCUT2D eigenvalue weighted by molar-refractivity contribution is 5.85. The van der Waals surface area contributed by atoms with Crippen molar-refractivity contribution >= 4 is 16.9 Å². The van der Waals surface area contributed by atoms with Gasteiger partial charge in [0.15, 0.2) is 5.65 Å². The van der Waals surface area contributed by atoms with Gasteiger partial charge in [-0.1, -0.05) is 18.2 Å². The number of anilines is 1. The van der Waals surface area contributed by atoms with E-state index in [0.29, 0.717) is 12.4 Å². The predicted octanol–water partition coefficient (Wildman–Crippen LogP) is 2.66. The van der Waals surface area contributed by atoms with Gasteiger partial charge in [-0.3, -0.25) is 5.10 Å². The first kappa shape index (κ1) is 13.4. The largest absolute Gasteiger partial charge is 0.444 e. The number of aromatic nitrogens is 5. The topological polar surface area (TPSA) is 92.5 Å². The van der Waals surface area contributed by atoms with Gasteiger partial charge >= 0.3 is 0 Å². The van der Waals surface area contributed by atoms with Gasteiger partial charge < -0.3 is 9.73 Å². The van der Waals surface area contributed by atoms with Crippen molar-refractivity contribution in [2.75, 3.05) is 11.9 Å². The molecule has 3 aromatic heterocycles. The molecule has 0 bridgehead atoms. The molecule has 23 heavy (non-hydrogen) atoms. The Kier molecular flexibility index (Phi) is 3.44. The summed E-state index contributed by atoms with van der Waals surface area (Å²) in [5.41, 5.74) is 2.59. The molecule has 0 aliphatic carbocycles. The maximum atomic E-state index is 5.53. The summed E-state index contributed by atoms with van der Waals surface area (Å²) in [5, 5.41) is 10.9. The number of rotatable bonds is 5. The summed E-state index contributed by atoms with van der Waals surface area (Å²) < 4.78 is 5.53. The lowest BCUT2D eigenvalue weighted by molar-refractivity contribution is 0.572. The quantitative estimate of drug-likeness (QED) is 0.589. The minimum atomic E-state index is 0.639. The summed E-state index contributed by atoms with van der Waals surface area (Å²) in [6, 6.07) is 9.85. The standard InChI is InChI=1S/C16H14N6O/c1-2-4-11(5-3-1)16-21-12(9-23-16)6-7-17-14-13-8-20-22-15(13)19-10-18-14/h1-5,8-10H,6-7H2,(H2,17,18,19,20,22). The van der Waals surface area contributed by atoms with E-state index in [0.717, 1.165) is 34.5 Å². The van der Waals surface area contributed by atoms with Gasteiger partial charge in [-0.15, -0.1) is 0 Å². The molecule has 0 fully saturated rings. The molecule has 2 N–H and O–H groups in total. The number of benzene rings is 1. The summed E-state index contributed by atoms with van der Waals surface area (Å²) in [7, 11) is 0. The van der Waals surface area contributed by atoms with Crippen LogP contribution in [0.3, 0.4) is 0 Å². The van der Waals surface area contributed by atoms with Crippen LogP contribution in [0.5, 0.6) is 0 Å². The molecule has 3 heterocycles. The van der Waals surface area contributed by atoms with Crippen LogP contribution < -0.4 is 5.32 Å². The number of aromatic amines is 1. The molecule has 0 amide bonds. The smallest absolute Gasteiger partial charge is 0.226 e. The molecular formula is C16H14N6O. The fourth-order valence-electron chi connectivity index (χ4n) is 2.35. The number of H-pyrrole nitrogens is 1. The van der Waals surface area contributed by atoms with Gasteiger partial charge in [0.25, 0.3) is 0 Å². The first-order valence-electron chi connectivity index (χ1n) is 7.28. The summed E-state index contributed by atoms with van der Waals surface area (Å²) >= 11 is 0. The van der Waals surface area contributed by atoms with Crippen molar-refractivity contribution in [3.63, 3.8) is 0 Å². The van der Waals surface area contributed by atoms with E-state index in [-0.39, 0.29) is 0 Å². The Morgan fingerprint density at radius 2 is 2.04 bits per heavy atom. The van der Waals surface area contributed by atoms with Gasteiger partial charge in [-0.05, 0) is 12.1 Å². The van der Waals surface area contributed by atoms with E-state index in [1.165, 1.54) is 6.33 Å². The summed E-state index contributed by atoms with van der Waals surface area (Å²) in [6.07, 6.45) is 5.64. The molecule has 7 nitrogen and oxygen atoms in total. The van der Waals surface area contributed by atoms with Gasteiger partial charge in [-0.25, -0.2) is 15.0 Å². The third kappa shape index (κ3) is 2.76. The predicted molar refractivity (Wildman–Crippen MR) is 85.8 cm³/mol. The maximum Gasteiger partial charge on any atom is 0.226 e. The molecule has 4 rings (SSSR count). The average Bonchev–Trinajstić information content (AvgIpc) is 3.25. The molecule has 0 aliphatic heterocycles. The van der Waals surface area contributed by atoms with Crippen LogP contribution >= 0.6 is 0 Å². The molecule has 114 valence electrons. The van der Waals surface area contributed by atoms with Crippen LogP contribution in [0.1, 0.15) is 5.69 Å². The van der Waals surface area contributed by atoms with Crippen LogP contribution in [0.15, 0.2) is 53.5 Å². The van der Waals surface area contributed by atoms with Crippen molar-refractivity contribution < 1.29 is 4.42 Å². The fourth-order valence-corrected chi connectivity index (χ4v) is 2.35. The number of nitrogens with one attached hydrogen (secondary N) is 2. The van der Waals surface area contributed by atoms with Gasteiger partial charge in [-0.2, -0.15) is 5.10 Å². The number of nitrogens with zero attached hydrogens (tertiary/aromatic N) is 4. The van der Waals surface area contributed by atoms with Crippen molar-refractivity contribution in [3.05, 3.63) is 54.8 Å². The van der Waals surface area contributed by atoms with Crippen LogP contribution in [0.25, 0.3) is 22.5 Å². The van der Waals surface area contributed by atoms with E-state index in [1.54, 1.807) is 12.5 Å². The lowest BCUT2D eigenvalue weighted by atomic mass is 10.2. The van der Waals surface area contributed by atoms with E-state index in [4.69, 9.17) is 4.42 Å². The number of oxazole rings is 1. The monoisotopic (exact) mass is 306 g/mol. The molecule has 0 aliphatic rings. The zero-order valence-electron chi connectivity index (χ0n) is 12.2. The number of hydrogen-bond acceptors (Lipinski definition) is 6. The van der Waals surface area contributed by atoms with Crippen LogP contribution in [0.2, 0.25) is 0 Å². The van der Waals surface area contributed by atoms with Crippen molar-refractivity contribution in [2.24, 2.45) is 0 Å². The molecule has 1 aromatic carbocycles. The molecule has 0 saturated carbocycles. The van der Waals surface area contributed by atoms with Crippen LogP contribution in [0, 0.1) is 0 Å². The second-order valence-corrected chi connectivity index (χ2v) is 5.04. The van der Waals surface area contributed by atoms with Gasteiger partial charge in [0.2, 0.25) is 5.89 Å². The molecule has 0 atom stereocenters. The Balaban J connectivity index is 1.42. The molecule has 4 aromatic rings. The Labute approximate surface area is 131 Å². The molecule has 0 spiro atoms. The summed E-state index contributed by atoms with van der Waals surface area (Å²) in [6.45, 7) is 0.693. The Hall–Kier alpha value is -3.22. The highest BCUT2D eigenvalue weighted by atomic mass is 16.3. The third-order valence-corrected chi connectivity index (χ3v) is 3.49. The number of fused-ring (bicyclic) bond motifs is 1.